The van der Waals surface area contributed by atoms with Crippen molar-refractivity contribution in [2.75, 3.05) is 13.6 Å². The third kappa shape index (κ3) is 1.51. The van der Waals surface area contributed by atoms with E-state index in [2.05, 4.69) is 5.32 Å². The van der Waals surface area contributed by atoms with Crippen molar-refractivity contribution in [1.82, 2.24) is 10.2 Å². The molecule has 0 unspecified atom stereocenters. The molecule has 0 aromatic carbocycles. The van der Waals surface area contributed by atoms with Crippen molar-refractivity contribution in [1.29, 1.82) is 0 Å². The number of rotatable bonds is 2. The summed E-state index contributed by atoms with van der Waals surface area (Å²) in [4.78, 5) is 32.9. The summed E-state index contributed by atoms with van der Waals surface area (Å²) in [5, 5.41) is 11.0. The molecule has 0 radical (unpaired) electrons. The monoisotopic (exact) mass is 184 g/mol. The summed E-state index contributed by atoms with van der Waals surface area (Å²) in [6, 6.07) is -0.525. The van der Waals surface area contributed by atoms with E-state index in [1.165, 1.54) is 7.05 Å². The van der Waals surface area contributed by atoms with Crippen molar-refractivity contribution in [3.63, 3.8) is 0 Å². The quantitative estimate of drug-likeness (QED) is 0.549. The van der Waals surface area contributed by atoms with Crippen LogP contribution in [0.5, 0.6) is 0 Å². The minimum absolute atomic E-state index is 0.0334. The number of aliphatic carboxylic acids is 1. The lowest BCUT2D eigenvalue weighted by Gasteiger charge is -2.24. The van der Waals surface area contributed by atoms with E-state index in [-0.39, 0.29) is 17.8 Å². The van der Waals surface area contributed by atoms with E-state index >= 15 is 0 Å². The topological polar surface area (TPSA) is 86.7 Å². The van der Waals surface area contributed by atoms with Crippen LogP contribution in [0, 0.1) is 0 Å². The van der Waals surface area contributed by atoms with Gasteiger partial charge in [-0.25, -0.2) is 9.59 Å². The van der Waals surface area contributed by atoms with Crippen molar-refractivity contribution in [3.05, 3.63) is 11.3 Å². The number of likely N-dealkylation sites (N-methyl/N-ethyl adjacent to an activating group) is 1. The molecule has 1 heterocycles. The minimum Gasteiger partial charge on any atom is -0.477 e. The molecule has 0 aliphatic carbocycles. The van der Waals surface area contributed by atoms with Crippen LogP contribution in [-0.4, -0.2) is 41.9 Å². The molecule has 0 saturated carbocycles. The summed E-state index contributed by atoms with van der Waals surface area (Å²) in [7, 11) is 1.29. The average Bonchev–Trinajstić information content (AvgIpc) is 2.08. The fraction of sp³-hybridized carbons (Fsp3) is 0.286. The number of hydrogen-bond donors (Lipinski definition) is 2. The van der Waals surface area contributed by atoms with Crippen molar-refractivity contribution in [2.24, 2.45) is 0 Å². The second-order valence-corrected chi connectivity index (χ2v) is 2.51. The van der Waals surface area contributed by atoms with Gasteiger partial charge in [0.2, 0.25) is 0 Å². The summed E-state index contributed by atoms with van der Waals surface area (Å²) >= 11 is 0. The standard InChI is InChI=1S/C7H8N2O4/c1-9-5(6(11)12)4(3-10)2-8-7(9)13/h3H,2H2,1H3,(H,8,13)(H,11,12). The molecule has 0 aromatic rings. The Morgan fingerprint density at radius 1 is 1.69 bits per heavy atom. The van der Waals surface area contributed by atoms with Gasteiger partial charge < -0.3 is 10.4 Å². The van der Waals surface area contributed by atoms with Crippen LogP contribution in [0.1, 0.15) is 0 Å². The summed E-state index contributed by atoms with van der Waals surface area (Å²) in [5.41, 5.74) is -0.201. The number of carbonyl (C=O) groups is 3. The van der Waals surface area contributed by atoms with Gasteiger partial charge in [0, 0.05) is 12.6 Å². The van der Waals surface area contributed by atoms with Crippen molar-refractivity contribution < 1.29 is 19.5 Å². The molecule has 6 heteroatoms. The van der Waals surface area contributed by atoms with Gasteiger partial charge in [-0.15, -0.1) is 0 Å². The van der Waals surface area contributed by atoms with Crippen LogP contribution in [0.2, 0.25) is 0 Å². The fourth-order valence-electron chi connectivity index (χ4n) is 1.07. The summed E-state index contributed by atoms with van der Waals surface area (Å²) < 4.78 is 0. The molecule has 0 spiro atoms. The SMILES string of the molecule is CN1C(=O)NCC(C=O)=C1C(=O)O. The van der Waals surface area contributed by atoms with E-state index in [1.807, 2.05) is 0 Å². The number of carboxylic acid groups (broad SMARTS) is 1. The van der Waals surface area contributed by atoms with Gasteiger partial charge in [-0.05, 0) is 0 Å². The molecule has 0 fully saturated rings. The predicted molar refractivity (Wildman–Crippen MR) is 41.9 cm³/mol. The maximum absolute atomic E-state index is 11.0. The summed E-state index contributed by atoms with van der Waals surface area (Å²) in [5.74, 6) is -1.28. The van der Waals surface area contributed by atoms with Gasteiger partial charge in [-0.3, -0.25) is 9.69 Å². The number of nitrogens with one attached hydrogen (secondary N) is 1. The number of carbonyl (C=O) groups excluding carboxylic acids is 2. The Hall–Kier alpha value is -1.85. The van der Waals surface area contributed by atoms with Gasteiger partial charge in [0.05, 0.1) is 6.54 Å². The molecule has 1 rings (SSSR count). The lowest BCUT2D eigenvalue weighted by Crippen LogP contribution is -2.45. The second kappa shape index (κ2) is 3.26. The first-order valence-corrected chi connectivity index (χ1v) is 3.51. The molecule has 1 aliphatic heterocycles. The number of nitrogens with zero attached hydrogens (tertiary/aromatic N) is 1. The third-order valence-electron chi connectivity index (χ3n) is 1.72. The third-order valence-corrected chi connectivity index (χ3v) is 1.72. The van der Waals surface area contributed by atoms with E-state index in [0.29, 0.717) is 6.29 Å². The Labute approximate surface area is 73.8 Å². The van der Waals surface area contributed by atoms with Gasteiger partial charge in [-0.1, -0.05) is 0 Å². The maximum atomic E-state index is 11.0. The molecule has 6 nitrogen and oxygen atoms in total. The molecule has 0 atom stereocenters. The van der Waals surface area contributed by atoms with Gasteiger partial charge in [0.25, 0.3) is 0 Å². The molecular formula is C7H8N2O4. The largest absolute Gasteiger partial charge is 0.477 e. The lowest BCUT2D eigenvalue weighted by molar-refractivity contribution is -0.134. The van der Waals surface area contributed by atoms with Crippen LogP contribution in [0.25, 0.3) is 0 Å². The highest BCUT2D eigenvalue weighted by atomic mass is 16.4. The normalized spacial score (nSPS) is 17.0. The Morgan fingerprint density at radius 2 is 2.31 bits per heavy atom. The fourth-order valence-corrected chi connectivity index (χ4v) is 1.07. The Bertz CT molecular complexity index is 308. The molecule has 2 N–H and O–H groups in total. The highest BCUT2D eigenvalue weighted by molar-refractivity contribution is 5.99. The Balaban J connectivity index is 3.15. The zero-order chi connectivity index (χ0) is 10.0. The number of urea groups is 1. The van der Waals surface area contributed by atoms with E-state index in [9.17, 15) is 14.4 Å². The second-order valence-electron chi connectivity index (χ2n) is 2.51. The first-order chi connectivity index (χ1) is 6.07. The van der Waals surface area contributed by atoms with Gasteiger partial charge in [0.1, 0.15) is 12.0 Å². The van der Waals surface area contributed by atoms with Crippen LogP contribution in [0.15, 0.2) is 11.3 Å². The van der Waals surface area contributed by atoms with Crippen LogP contribution in [0.3, 0.4) is 0 Å². The summed E-state index contributed by atoms with van der Waals surface area (Å²) in [6.07, 6.45) is 0.430. The van der Waals surface area contributed by atoms with Crippen LogP contribution in [0.4, 0.5) is 4.79 Å². The van der Waals surface area contributed by atoms with Gasteiger partial charge >= 0.3 is 12.0 Å². The van der Waals surface area contributed by atoms with Crippen LogP contribution >= 0.6 is 0 Å². The van der Waals surface area contributed by atoms with Crippen LogP contribution in [-0.2, 0) is 9.59 Å². The molecule has 2 amide bonds. The van der Waals surface area contributed by atoms with Crippen molar-refractivity contribution in [2.45, 2.75) is 0 Å². The highest BCUT2D eigenvalue weighted by Crippen LogP contribution is 2.11. The number of carboxylic acids is 1. The molecule has 1 aliphatic rings. The maximum Gasteiger partial charge on any atom is 0.353 e. The minimum atomic E-state index is -1.28. The first-order valence-electron chi connectivity index (χ1n) is 3.51. The number of hydrogen-bond acceptors (Lipinski definition) is 3. The predicted octanol–water partition coefficient (Wildman–Crippen LogP) is -0.821. The van der Waals surface area contributed by atoms with Gasteiger partial charge in [0.15, 0.2) is 0 Å². The lowest BCUT2D eigenvalue weighted by atomic mass is 10.2. The highest BCUT2D eigenvalue weighted by Gasteiger charge is 2.27. The van der Waals surface area contributed by atoms with Gasteiger partial charge in [-0.2, -0.15) is 0 Å². The molecule has 13 heavy (non-hydrogen) atoms. The molecule has 70 valence electrons. The first kappa shape index (κ1) is 9.24. The smallest absolute Gasteiger partial charge is 0.353 e. The average molecular weight is 184 g/mol. The van der Waals surface area contributed by atoms with E-state index in [1.54, 1.807) is 0 Å². The zero-order valence-corrected chi connectivity index (χ0v) is 6.90. The molecular weight excluding hydrogens is 176 g/mol. The molecule has 0 aromatic heterocycles. The summed E-state index contributed by atoms with van der Waals surface area (Å²) in [6.45, 7) is -0.0334. The Morgan fingerprint density at radius 3 is 2.77 bits per heavy atom. The zero-order valence-electron chi connectivity index (χ0n) is 6.90. The van der Waals surface area contributed by atoms with Crippen molar-refractivity contribution in [3.8, 4) is 0 Å². The number of aldehydes is 1. The number of amides is 2. The van der Waals surface area contributed by atoms with E-state index < -0.39 is 12.0 Å². The van der Waals surface area contributed by atoms with E-state index in [4.69, 9.17) is 5.11 Å². The van der Waals surface area contributed by atoms with E-state index in [0.717, 1.165) is 4.90 Å². The molecule has 0 saturated heterocycles. The van der Waals surface area contributed by atoms with Crippen LogP contribution < -0.4 is 5.32 Å². The van der Waals surface area contributed by atoms with Crippen molar-refractivity contribution >= 4 is 18.3 Å². The molecule has 0 bridgehead atoms. The Kier molecular flexibility index (Phi) is 2.32.